The Morgan fingerprint density at radius 3 is 2.65 bits per heavy atom. The van der Waals surface area contributed by atoms with Crippen LogP contribution in [0.25, 0.3) is 4.96 Å². The fourth-order valence-electron chi connectivity index (χ4n) is 4.06. The van der Waals surface area contributed by atoms with Crippen molar-refractivity contribution in [3.05, 3.63) is 51.9 Å². The lowest BCUT2D eigenvalue weighted by molar-refractivity contribution is -0.125. The summed E-state index contributed by atoms with van der Waals surface area (Å²) in [5.74, 6) is 0.943. The van der Waals surface area contributed by atoms with Crippen LogP contribution in [-0.4, -0.2) is 40.2 Å². The van der Waals surface area contributed by atoms with Crippen LogP contribution in [0.4, 0.5) is 5.13 Å². The van der Waals surface area contributed by atoms with Gasteiger partial charge in [0.25, 0.3) is 5.56 Å². The van der Waals surface area contributed by atoms with Gasteiger partial charge in [-0.25, -0.2) is 4.98 Å². The number of amides is 1. The monoisotopic (exact) mass is 483 g/mol. The van der Waals surface area contributed by atoms with Gasteiger partial charge in [0.2, 0.25) is 16.0 Å². The normalized spacial score (nSPS) is 14.5. The molecule has 4 rings (SSSR count). The summed E-state index contributed by atoms with van der Waals surface area (Å²) in [6, 6.07) is 9.49. The molecular formula is C25H33N5O3S. The summed E-state index contributed by atoms with van der Waals surface area (Å²) in [7, 11) is 0. The molecule has 182 valence electrons. The van der Waals surface area contributed by atoms with Gasteiger partial charge in [0, 0.05) is 37.3 Å². The molecule has 3 heterocycles. The smallest absolute Gasteiger partial charge is 0.275 e. The molecule has 1 aromatic carbocycles. The summed E-state index contributed by atoms with van der Waals surface area (Å²) in [6.45, 7) is 6.93. The number of nitrogens with zero attached hydrogens (tertiary/aromatic N) is 4. The topological polar surface area (TPSA) is 88.8 Å². The fraction of sp³-hybridized carbons (Fsp3) is 0.520. The standard InChI is InChI=1S/C25H33N5O3S/c1-3-5-15-33-21-9-7-18(8-10-21)17-26-23(32)19-11-13-29(14-12-19)25-28-30-22(31)16-20(6-4-2)27-24(30)34-25/h7-10,16,19H,3-6,11-15,17H2,1-2H3,(H,26,32). The lowest BCUT2D eigenvalue weighted by Crippen LogP contribution is -2.40. The molecule has 3 aromatic rings. The number of benzene rings is 1. The molecule has 2 aromatic heterocycles. The SMILES string of the molecule is CCCCOc1ccc(CNC(=O)C2CCN(c3nn4c(=O)cc(CCC)nc4s3)CC2)cc1. The molecule has 8 nitrogen and oxygen atoms in total. The quantitative estimate of drug-likeness (QED) is 0.441. The van der Waals surface area contributed by atoms with Crippen molar-refractivity contribution in [2.45, 2.75) is 58.9 Å². The maximum Gasteiger partial charge on any atom is 0.275 e. The molecule has 1 amide bonds. The zero-order valence-electron chi connectivity index (χ0n) is 20.0. The van der Waals surface area contributed by atoms with Crippen molar-refractivity contribution in [3.8, 4) is 5.75 Å². The van der Waals surface area contributed by atoms with Crippen LogP contribution in [-0.2, 0) is 17.8 Å². The lowest BCUT2D eigenvalue weighted by atomic mass is 9.96. The lowest BCUT2D eigenvalue weighted by Gasteiger charge is -2.30. The van der Waals surface area contributed by atoms with Crippen molar-refractivity contribution >= 4 is 27.3 Å². The van der Waals surface area contributed by atoms with Gasteiger partial charge in [0.05, 0.1) is 6.61 Å². The Morgan fingerprint density at radius 1 is 1.18 bits per heavy atom. The third-order valence-electron chi connectivity index (χ3n) is 6.09. The zero-order chi connectivity index (χ0) is 23.9. The molecule has 0 unspecified atom stereocenters. The van der Waals surface area contributed by atoms with E-state index in [-0.39, 0.29) is 17.4 Å². The van der Waals surface area contributed by atoms with Crippen molar-refractivity contribution in [3.63, 3.8) is 0 Å². The van der Waals surface area contributed by atoms with E-state index in [9.17, 15) is 9.59 Å². The van der Waals surface area contributed by atoms with E-state index in [0.717, 1.165) is 80.4 Å². The van der Waals surface area contributed by atoms with Gasteiger partial charge in [-0.05, 0) is 43.4 Å². The maximum absolute atomic E-state index is 12.7. The van der Waals surface area contributed by atoms with E-state index in [1.54, 1.807) is 6.07 Å². The summed E-state index contributed by atoms with van der Waals surface area (Å²) >= 11 is 1.44. The fourth-order valence-corrected chi connectivity index (χ4v) is 5.04. The first-order valence-corrected chi connectivity index (χ1v) is 13.0. The van der Waals surface area contributed by atoms with Crippen LogP contribution in [0.1, 0.15) is 57.2 Å². The second-order valence-corrected chi connectivity index (χ2v) is 9.67. The van der Waals surface area contributed by atoms with Crippen LogP contribution >= 0.6 is 11.3 Å². The molecule has 0 spiro atoms. The average molecular weight is 484 g/mol. The molecule has 1 saturated heterocycles. The number of carbonyl (C=O) groups excluding carboxylic acids is 1. The largest absolute Gasteiger partial charge is 0.494 e. The minimum absolute atomic E-state index is 0.0146. The van der Waals surface area contributed by atoms with E-state index in [4.69, 9.17) is 4.74 Å². The number of nitrogens with one attached hydrogen (secondary N) is 1. The number of carbonyl (C=O) groups is 1. The number of piperidine rings is 1. The van der Waals surface area contributed by atoms with Gasteiger partial charge in [-0.1, -0.05) is 50.2 Å². The molecule has 1 fully saturated rings. The average Bonchev–Trinajstić information content (AvgIpc) is 3.29. The third-order valence-corrected chi connectivity index (χ3v) is 7.06. The molecule has 34 heavy (non-hydrogen) atoms. The van der Waals surface area contributed by atoms with Crippen molar-refractivity contribution < 1.29 is 9.53 Å². The number of anilines is 1. The second kappa shape index (κ2) is 11.5. The van der Waals surface area contributed by atoms with E-state index in [1.807, 2.05) is 24.3 Å². The highest BCUT2D eigenvalue weighted by molar-refractivity contribution is 7.20. The van der Waals surface area contributed by atoms with Crippen molar-refractivity contribution in [1.82, 2.24) is 19.9 Å². The van der Waals surface area contributed by atoms with E-state index >= 15 is 0 Å². The Kier molecular flexibility index (Phi) is 8.16. The Labute approximate surface area is 204 Å². The van der Waals surface area contributed by atoms with Crippen molar-refractivity contribution in [2.75, 3.05) is 24.6 Å². The first-order valence-electron chi connectivity index (χ1n) is 12.2. The number of ether oxygens (including phenoxy) is 1. The number of rotatable bonds is 10. The van der Waals surface area contributed by atoms with Crippen LogP contribution in [0.15, 0.2) is 35.1 Å². The van der Waals surface area contributed by atoms with Gasteiger partial charge < -0.3 is 15.0 Å². The summed E-state index contributed by atoms with van der Waals surface area (Å²) in [5, 5.41) is 8.35. The van der Waals surface area contributed by atoms with Crippen molar-refractivity contribution in [1.29, 1.82) is 0 Å². The summed E-state index contributed by atoms with van der Waals surface area (Å²) < 4.78 is 7.08. The van der Waals surface area contributed by atoms with Crippen molar-refractivity contribution in [2.24, 2.45) is 5.92 Å². The molecule has 1 aliphatic rings. The molecule has 1 N–H and O–H groups in total. The van der Waals surface area contributed by atoms with Gasteiger partial charge in [0.15, 0.2) is 0 Å². The molecule has 0 aliphatic carbocycles. The molecule has 9 heteroatoms. The zero-order valence-corrected chi connectivity index (χ0v) is 20.8. The molecule has 0 saturated carbocycles. The van der Waals surface area contributed by atoms with Crippen LogP contribution in [0.3, 0.4) is 0 Å². The Hall–Kier alpha value is -2.94. The highest BCUT2D eigenvalue weighted by atomic mass is 32.1. The minimum atomic E-state index is -0.134. The Morgan fingerprint density at radius 2 is 1.94 bits per heavy atom. The predicted molar refractivity (Wildman–Crippen MR) is 135 cm³/mol. The number of hydrogen-bond acceptors (Lipinski definition) is 7. The van der Waals surface area contributed by atoms with Crippen LogP contribution < -0.4 is 20.5 Å². The maximum atomic E-state index is 12.7. The van der Waals surface area contributed by atoms with Crippen LogP contribution in [0.5, 0.6) is 5.75 Å². The second-order valence-electron chi connectivity index (χ2n) is 8.74. The third kappa shape index (κ3) is 5.94. The number of hydrogen-bond donors (Lipinski definition) is 1. The van der Waals surface area contributed by atoms with Gasteiger partial charge >= 0.3 is 0 Å². The number of fused-ring (bicyclic) bond motifs is 1. The Balaban J connectivity index is 1.27. The summed E-state index contributed by atoms with van der Waals surface area (Å²) in [6.07, 6.45) is 5.41. The van der Waals surface area contributed by atoms with Gasteiger partial charge in [-0.3, -0.25) is 9.59 Å². The highest BCUT2D eigenvalue weighted by Gasteiger charge is 2.26. The molecule has 1 aliphatic heterocycles. The number of unbranched alkanes of at least 4 members (excludes halogenated alkanes) is 1. The highest BCUT2D eigenvalue weighted by Crippen LogP contribution is 2.27. The summed E-state index contributed by atoms with van der Waals surface area (Å²) in [4.78, 5) is 32.5. The van der Waals surface area contributed by atoms with E-state index in [0.29, 0.717) is 11.5 Å². The van der Waals surface area contributed by atoms with Gasteiger partial charge in [-0.2, -0.15) is 4.52 Å². The number of aryl methyl sites for hydroxylation is 1. The summed E-state index contributed by atoms with van der Waals surface area (Å²) in [5.41, 5.74) is 1.74. The first kappa shape index (κ1) is 24.2. The number of aromatic nitrogens is 3. The van der Waals surface area contributed by atoms with E-state index in [2.05, 4.69) is 34.1 Å². The van der Waals surface area contributed by atoms with E-state index < -0.39 is 0 Å². The first-order chi connectivity index (χ1) is 16.6. The molecule has 0 radical (unpaired) electrons. The van der Waals surface area contributed by atoms with E-state index in [1.165, 1.54) is 15.9 Å². The van der Waals surface area contributed by atoms with Gasteiger partial charge in [-0.15, -0.1) is 5.10 Å². The Bertz CT molecular complexity index is 1150. The predicted octanol–water partition coefficient (Wildman–Crippen LogP) is 3.82. The van der Waals surface area contributed by atoms with Crippen LogP contribution in [0, 0.1) is 5.92 Å². The van der Waals surface area contributed by atoms with Crippen LogP contribution in [0.2, 0.25) is 0 Å². The molecule has 0 bridgehead atoms. The molecule has 0 atom stereocenters. The minimum Gasteiger partial charge on any atom is -0.494 e. The van der Waals surface area contributed by atoms with Gasteiger partial charge in [0.1, 0.15) is 5.75 Å². The molecular weight excluding hydrogens is 450 g/mol.